The van der Waals surface area contributed by atoms with Gasteiger partial charge < -0.3 is 10.1 Å². The molecule has 0 bridgehead atoms. The summed E-state index contributed by atoms with van der Waals surface area (Å²) < 4.78 is 5.23. The summed E-state index contributed by atoms with van der Waals surface area (Å²) in [5, 5.41) is 3.59. The molecular formula is C15H20ClNO2. The van der Waals surface area contributed by atoms with E-state index in [4.69, 9.17) is 16.3 Å². The lowest BCUT2D eigenvalue weighted by molar-refractivity contribution is 0.0524. The lowest BCUT2D eigenvalue weighted by atomic mass is 10.0. The Morgan fingerprint density at radius 2 is 2.21 bits per heavy atom. The fourth-order valence-corrected chi connectivity index (χ4v) is 2.57. The van der Waals surface area contributed by atoms with Gasteiger partial charge in [0.25, 0.3) is 0 Å². The topological polar surface area (TPSA) is 38.3 Å². The maximum atomic E-state index is 11.6. The second kappa shape index (κ2) is 5.41. The Balaban J connectivity index is 1.93. The molecule has 1 atom stereocenters. The molecule has 0 spiro atoms. The number of fused-ring (bicyclic) bond motifs is 1. The second-order valence-corrected chi connectivity index (χ2v) is 6.40. The van der Waals surface area contributed by atoms with E-state index in [1.807, 2.05) is 32.9 Å². The highest BCUT2D eigenvalue weighted by molar-refractivity contribution is 6.30. The normalized spacial score (nSPS) is 18.0. The molecule has 4 heteroatoms. The largest absolute Gasteiger partial charge is 0.444 e. The van der Waals surface area contributed by atoms with Crippen LogP contribution >= 0.6 is 11.6 Å². The molecule has 0 heterocycles. The van der Waals surface area contributed by atoms with Crippen molar-refractivity contribution in [2.75, 3.05) is 6.54 Å². The predicted octanol–water partition coefficient (Wildman–Crippen LogP) is 3.89. The number of benzene rings is 1. The van der Waals surface area contributed by atoms with Crippen molar-refractivity contribution in [2.24, 2.45) is 0 Å². The Kier molecular flexibility index (Phi) is 4.04. The number of hydrogen-bond acceptors (Lipinski definition) is 2. The Hall–Kier alpha value is -1.22. The summed E-state index contributed by atoms with van der Waals surface area (Å²) in [5.41, 5.74) is 2.13. The van der Waals surface area contributed by atoms with E-state index in [1.54, 1.807) is 0 Å². The average Bonchev–Trinajstić information content (AvgIpc) is 2.66. The minimum absolute atomic E-state index is 0.334. The maximum absolute atomic E-state index is 11.6. The molecule has 2 rings (SSSR count). The molecule has 1 N–H and O–H groups in total. The SMILES string of the molecule is CC(C)(C)OC(=O)NC[C@H]1CCc2ccc(Cl)cc21. The number of hydrogen-bond donors (Lipinski definition) is 1. The zero-order chi connectivity index (χ0) is 14.0. The van der Waals surface area contributed by atoms with E-state index in [9.17, 15) is 4.79 Å². The average molecular weight is 282 g/mol. The number of ether oxygens (including phenoxy) is 1. The van der Waals surface area contributed by atoms with Crippen LogP contribution in [0.25, 0.3) is 0 Å². The Bertz CT molecular complexity index is 480. The summed E-state index contributed by atoms with van der Waals surface area (Å²) in [7, 11) is 0. The molecule has 19 heavy (non-hydrogen) atoms. The summed E-state index contributed by atoms with van der Waals surface area (Å²) >= 11 is 6.03. The van der Waals surface area contributed by atoms with E-state index in [2.05, 4.69) is 11.4 Å². The fourth-order valence-electron chi connectivity index (χ4n) is 2.39. The maximum Gasteiger partial charge on any atom is 0.407 e. The lowest BCUT2D eigenvalue weighted by Crippen LogP contribution is -2.34. The van der Waals surface area contributed by atoms with Crippen molar-refractivity contribution in [3.63, 3.8) is 0 Å². The highest BCUT2D eigenvalue weighted by Crippen LogP contribution is 2.34. The third kappa shape index (κ3) is 3.87. The smallest absolute Gasteiger partial charge is 0.407 e. The van der Waals surface area contributed by atoms with Crippen LogP contribution in [0.4, 0.5) is 4.79 Å². The zero-order valence-electron chi connectivity index (χ0n) is 11.6. The number of carbonyl (C=O) groups is 1. The van der Waals surface area contributed by atoms with Crippen molar-refractivity contribution in [1.29, 1.82) is 0 Å². The monoisotopic (exact) mass is 281 g/mol. The fraction of sp³-hybridized carbons (Fsp3) is 0.533. The molecule has 1 aliphatic carbocycles. The number of halogens is 1. The molecule has 0 aromatic heterocycles. The molecular weight excluding hydrogens is 262 g/mol. The van der Waals surface area contributed by atoms with Crippen LogP contribution in [0.15, 0.2) is 18.2 Å². The minimum atomic E-state index is -0.457. The van der Waals surface area contributed by atoms with Crippen molar-refractivity contribution in [2.45, 2.75) is 45.1 Å². The molecule has 0 radical (unpaired) electrons. The first kappa shape index (κ1) is 14.2. The van der Waals surface area contributed by atoms with E-state index < -0.39 is 5.60 Å². The summed E-state index contributed by atoms with van der Waals surface area (Å²) in [5.74, 6) is 0.334. The first-order valence-electron chi connectivity index (χ1n) is 6.60. The summed E-state index contributed by atoms with van der Waals surface area (Å²) in [4.78, 5) is 11.6. The van der Waals surface area contributed by atoms with Gasteiger partial charge in [0.1, 0.15) is 5.60 Å². The molecule has 0 saturated carbocycles. The van der Waals surface area contributed by atoms with Crippen molar-refractivity contribution in [3.8, 4) is 0 Å². The van der Waals surface area contributed by atoms with E-state index in [1.165, 1.54) is 11.1 Å². The molecule has 104 valence electrons. The van der Waals surface area contributed by atoms with Crippen LogP contribution in [0.2, 0.25) is 5.02 Å². The van der Waals surface area contributed by atoms with Crippen LogP contribution in [0.1, 0.15) is 44.2 Å². The molecule has 1 aromatic carbocycles. The highest BCUT2D eigenvalue weighted by Gasteiger charge is 2.24. The van der Waals surface area contributed by atoms with Gasteiger partial charge in [0.2, 0.25) is 0 Å². The highest BCUT2D eigenvalue weighted by atomic mass is 35.5. The minimum Gasteiger partial charge on any atom is -0.444 e. The van der Waals surface area contributed by atoms with Gasteiger partial charge in [-0.15, -0.1) is 0 Å². The van der Waals surface area contributed by atoms with E-state index >= 15 is 0 Å². The molecule has 1 aromatic rings. The first-order valence-corrected chi connectivity index (χ1v) is 6.98. The van der Waals surface area contributed by atoms with Gasteiger partial charge in [-0.3, -0.25) is 0 Å². The predicted molar refractivity (Wildman–Crippen MR) is 76.8 cm³/mol. The molecule has 0 saturated heterocycles. The van der Waals surface area contributed by atoms with Gasteiger partial charge in [-0.05, 0) is 56.9 Å². The third-order valence-electron chi connectivity index (χ3n) is 3.20. The quantitative estimate of drug-likeness (QED) is 0.893. The number of nitrogens with one attached hydrogen (secondary N) is 1. The van der Waals surface area contributed by atoms with Crippen molar-refractivity contribution in [1.82, 2.24) is 5.32 Å². The summed E-state index contributed by atoms with van der Waals surface area (Å²) in [6.45, 7) is 6.17. The Labute approximate surface area is 119 Å². The standard InChI is InChI=1S/C15H20ClNO2/c1-15(2,3)19-14(18)17-9-11-5-4-10-6-7-12(16)8-13(10)11/h6-8,11H,4-5,9H2,1-3H3,(H,17,18)/t11-/m1/s1. The molecule has 0 unspecified atom stereocenters. The van der Waals surface area contributed by atoms with Crippen LogP contribution in [-0.2, 0) is 11.2 Å². The van der Waals surface area contributed by atoms with Gasteiger partial charge in [0.15, 0.2) is 0 Å². The van der Waals surface area contributed by atoms with Gasteiger partial charge in [0.05, 0.1) is 0 Å². The van der Waals surface area contributed by atoms with Crippen molar-refractivity contribution >= 4 is 17.7 Å². The summed E-state index contributed by atoms with van der Waals surface area (Å²) in [6.07, 6.45) is 1.74. The third-order valence-corrected chi connectivity index (χ3v) is 3.44. The summed E-state index contributed by atoms with van der Waals surface area (Å²) in [6, 6.07) is 6.00. The van der Waals surface area contributed by atoms with Gasteiger partial charge in [-0.2, -0.15) is 0 Å². The van der Waals surface area contributed by atoms with Crippen LogP contribution in [0, 0.1) is 0 Å². The number of rotatable bonds is 2. The van der Waals surface area contributed by atoms with Gasteiger partial charge in [-0.25, -0.2) is 4.79 Å². The zero-order valence-corrected chi connectivity index (χ0v) is 12.4. The first-order chi connectivity index (χ1) is 8.85. The van der Waals surface area contributed by atoms with Crippen LogP contribution in [-0.4, -0.2) is 18.2 Å². The van der Waals surface area contributed by atoms with Crippen LogP contribution in [0.5, 0.6) is 0 Å². The molecule has 0 fully saturated rings. The second-order valence-electron chi connectivity index (χ2n) is 5.96. The van der Waals surface area contributed by atoms with Crippen LogP contribution in [0.3, 0.4) is 0 Å². The van der Waals surface area contributed by atoms with E-state index in [-0.39, 0.29) is 6.09 Å². The Morgan fingerprint density at radius 3 is 2.89 bits per heavy atom. The number of alkyl carbamates (subject to hydrolysis) is 1. The van der Waals surface area contributed by atoms with E-state index in [0.29, 0.717) is 12.5 Å². The molecule has 1 aliphatic rings. The van der Waals surface area contributed by atoms with Crippen LogP contribution < -0.4 is 5.32 Å². The number of amides is 1. The van der Waals surface area contributed by atoms with Gasteiger partial charge >= 0.3 is 6.09 Å². The van der Waals surface area contributed by atoms with Crippen molar-refractivity contribution in [3.05, 3.63) is 34.3 Å². The van der Waals surface area contributed by atoms with Gasteiger partial charge in [-0.1, -0.05) is 17.7 Å². The molecule has 0 aliphatic heterocycles. The molecule has 3 nitrogen and oxygen atoms in total. The van der Waals surface area contributed by atoms with Crippen molar-refractivity contribution < 1.29 is 9.53 Å². The number of aryl methyl sites for hydroxylation is 1. The lowest BCUT2D eigenvalue weighted by Gasteiger charge is -2.21. The van der Waals surface area contributed by atoms with E-state index in [0.717, 1.165) is 17.9 Å². The Morgan fingerprint density at radius 1 is 1.47 bits per heavy atom. The molecule has 1 amide bonds. The van der Waals surface area contributed by atoms with Gasteiger partial charge in [0, 0.05) is 17.5 Å². The number of carbonyl (C=O) groups excluding carboxylic acids is 1.